The van der Waals surface area contributed by atoms with Gasteiger partial charge < -0.3 is 10.4 Å². The molecule has 0 aromatic heterocycles. The summed E-state index contributed by atoms with van der Waals surface area (Å²) in [7, 11) is 0. The van der Waals surface area contributed by atoms with E-state index < -0.39 is 17.3 Å². The van der Waals surface area contributed by atoms with Gasteiger partial charge >= 0.3 is 6.18 Å². The number of allylic oxidation sites excluding steroid dienone is 1. The number of alkyl halides is 3. The topological polar surface area (TPSA) is 49.3 Å². The number of hydrogen-bond acceptors (Lipinski definition) is 2. The summed E-state index contributed by atoms with van der Waals surface area (Å²) in [5.41, 5.74) is -1.01. The second kappa shape index (κ2) is 7.17. The summed E-state index contributed by atoms with van der Waals surface area (Å²) in [6.45, 7) is 0.162. The minimum Gasteiger partial charge on any atom is -0.384 e. The highest BCUT2D eigenvalue weighted by atomic mass is 19.4. The van der Waals surface area contributed by atoms with Gasteiger partial charge in [-0.3, -0.25) is 4.79 Å². The number of carbonyl (C=O) groups excluding carboxylic acids is 1. The van der Waals surface area contributed by atoms with E-state index in [1.807, 2.05) is 6.08 Å². The standard InChI is InChI=1S/C17H20F3NO2/c18-17(19,20)14-7-4-13(5-8-14)6-9-15(22)21-12-16(23)10-2-1-3-11-16/h2,4-5,7-8,10,23H,1,3,6,9,11-12H2,(H,21,22). The van der Waals surface area contributed by atoms with Crippen molar-refractivity contribution in [3.8, 4) is 0 Å². The van der Waals surface area contributed by atoms with E-state index in [0.717, 1.165) is 25.0 Å². The van der Waals surface area contributed by atoms with Gasteiger partial charge in [0.1, 0.15) is 0 Å². The van der Waals surface area contributed by atoms with Crippen LogP contribution in [0.15, 0.2) is 36.4 Å². The molecule has 0 fully saturated rings. The van der Waals surface area contributed by atoms with Crippen LogP contribution in [0.25, 0.3) is 0 Å². The zero-order valence-electron chi connectivity index (χ0n) is 12.7. The van der Waals surface area contributed by atoms with E-state index in [1.165, 1.54) is 12.1 Å². The van der Waals surface area contributed by atoms with Crippen LogP contribution < -0.4 is 5.32 Å². The molecule has 0 heterocycles. The van der Waals surface area contributed by atoms with Crippen LogP contribution in [-0.2, 0) is 17.4 Å². The quantitative estimate of drug-likeness (QED) is 0.816. The molecule has 1 amide bonds. The molecule has 1 atom stereocenters. The van der Waals surface area contributed by atoms with Crippen molar-refractivity contribution in [1.82, 2.24) is 5.32 Å². The lowest BCUT2D eigenvalue weighted by Gasteiger charge is -2.27. The molecule has 1 aliphatic carbocycles. The van der Waals surface area contributed by atoms with Gasteiger partial charge in [-0.05, 0) is 43.4 Å². The molecule has 6 heteroatoms. The fourth-order valence-electron chi connectivity index (χ4n) is 2.52. The van der Waals surface area contributed by atoms with E-state index in [-0.39, 0.29) is 18.9 Å². The van der Waals surface area contributed by atoms with E-state index in [4.69, 9.17) is 0 Å². The zero-order chi connectivity index (χ0) is 16.9. The number of hydrogen-bond donors (Lipinski definition) is 2. The minimum absolute atomic E-state index is 0.162. The summed E-state index contributed by atoms with van der Waals surface area (Å²) in [4.78, 5) is 11.8. The number of aryl methyl sites for hydroxylation is 1. The molecule has 126 valence electrons. The zero-order valence-corrected chi connectivity index (χ0v) is 12.7. The van der Waals surface area contributed by atoms with Crippen molar-refractivity contribution in [1.29, 1.82) is 0 Å². The Morgan fingerprint density at radius 2 is 1.96 bits per heavy atom. The van der Waals surface area contributed by atoms with Crippen molar-refractivity contribution in [3.05, 3.63) is 47.5 Å². The summed E-state index contributed by atoms with van der Waals surface area (Å²) in [5.74, 6) is -0.225. The number of amides is 1. The van der Waals surface area contributed by atoms with Gasteiger partial charge in [-0.25, -0.2) is 0 Å². The normalized spacial score (nSPS) is 21.2. The van der Waals surface area contributed by atoms with Crippen molar-refractivity contribution in [2.24, 2.45) is 0 Å². The molecule has 0 bridgehead atoms. The molecule has 0 saturated carbocycles. The largest absolute Gasteiger partial charge is 0.416 e. The number of benzene rings is 1. The van der Waals surface area contributed by atoms with Gasteiger partial charge in [-0.1, -0.05) is 24.3 Å². The second-order valence-corrected chi connectivity index (χ2v) is 5.87. The Hall–Kier alpha value is -1.82. The SMILES string of the molecule is O=C(CCc1ccc(C(F)(F)F)cc1)NCC1(O)C=CCCC1. The Morgan fingerprint density at radius 1 is 1.26 bits per heavy atom. The lowest BCUT2D eigenvalue weighted by Crippen LogP contribution is -2.42. The molecule has 0 radical (unpaired) electrons. The molecular formula is C17H20F3NO2. The lowest BCUT2D eigenvalue weighted by atomic mass is 9.91. The smallest absolute Gasteiger partial charge is 0.384 e. The molecule has 2 N–H and O–H groups in total. The van der Waals surface area contributed by atoms with Crippen LogP contribution in [0.3, 0.4) is 0 Å². The van der Waals surface area contributed by atoms with Gasteiger partial charge in [-0.2, -0.15) is 13.2 Å². The van der Waals surface area contributed by atoms with Crippen LogP contribution in [0, 0.1) is 0 Å². The third-order valence-electron chi connectivity index (χ3n) is 3.92. The molecule has 2 rings (SSSR count). The second-order valence-electron chi connectivity index (χ2n) is 5.87. The van der Waals surface area contributed by atoms with Crippen molar-refractivity contribution in [2.75, 3.05) is 6.54 Å². The van der Waals surface area contributed by atoms with Gasteiger partial charge in [0.25, 0.3) is 0 Å². The summed E-state index contributed by atoms with van der Waals surface area (Å²) >= 11 is 0. The molecule has 0 spiro atoms. The van der Waals surface area contributed by atoms with E-state index in [9.17, 15) is 23.1 Å². The first-order valence-electron chi connectivity index (χ1n) is 7.61. The van der Waals surface area contributed by atoms with E-state index >= 15 is 0 Å². The van der Waals surface area contributed by atoms with E-state index in [0.29, 0.717) is 18.4 Å². The maximum absolute atomic E-state index is 12.5. The predicted molar refractivity (Wildman–Crippen MR) is 80.7 cm³/mol. The fourth-order valence-corrected chi connectivity index (χ4v) is 2.52. The molecule has 23 heavy (non-hydrogen) atoms. The summed E-state index contributed by atoms with van der Waals surface area (Å²) in [6, 6.07) is 4.80. The van der Waals surface area contributed by atoms with Crippen LogP contribution in [0.5, 0.6) is 0 Å². The highest BCUT2D eigenvalue weighted by Gasteiger charge is 2.30. The molecule has 0 saturated heterocycles. The van der Waals surface area contributed by atoms with E-state index in [2.05, 4.69) is 5.32 Å². The Labute approximate surface area is 133 Å². The van der Waals surface area contributed by atoms with Crippen LogP contribution in [0.2, 0.25) is 0 Å². The Morgan fingerprint density at radius 3 is 2.52 bits per heavy atom. The van der Waals surface area contributed by atoms with Crippen molar-refractivity contribution >= 4 is 5.91 Å². The lowest BCUT2D eigenvalue weighted by molar-refractivity contribution is -0.137. The van der Waals surface area contributed by atoms with Crippen molar-refractivity contribution in [3.63, 3.8) is 0 Å². The first-order chi connectivity index (χ1) is 10.8. The van der Waals surface area contributed by atoms with E-state index in [1.54, 1.807) is 6.08 Å². The number of nitrogens with one attached hydrogen (secondary N) is 1. The van der Waals surface area contributed by atoms with Crippen molar-refractivity contribution < 1.29 is 23.1 Å². The molecule has 1 aliphatic rings. The monoisotopic (exact) mass is 327 g/mol. The van der Waals surface area contributed by atoms with Gasteiger partial charge in [-0.15, -0.1) is 0 Å². The molecular weight excluding hydrogens is 307 g/mol. The first kappa shape index (κ1) is 17.5. The summed E-state index contributed by atoms with van der Waals surface area (Å²) in [6.07, 6.45) is 2.23. The third kappa shape index (κ3) is 5.39. The highest BCUT2D eigenvalue weighted by molar-refractivity contribution is 5.76. The Bertz CT molecular complexity index is 566. The van der Waals surface area contributed by atoms with Crippen LogP contribution >= 0.6 is 0 Å². The maximum Gasteiger partial charge on any atom is 0.416 e. The first-order valence-corrected chi connectivity index (χ1v) is 7.61. The number of halogens is 3. The average molecular weight is 327 g/mol. The predicted octanol–water partition coefficient (Wildman–Crippen LogP) is 3.23. The van der Waals surface area contributed by atoms with Crippen LogP contribution in [0.1, 0.15) is 36.8 Å². The molecule has 0 aliphatic heterocycles. The number of aliphatic hydroxyl groups is 1. The number of rotatable bonds is 5. The van der Waals surface area contributed by atoms with Gasteiger partial charge in [0.15, 0.2) is 0 Å². The Kier molecular flexibility index (Phi) is 5.46. The van der Waals surface area contributed by atoms with Crippen LogP contribution in [0.4, 0.5) is 13.2 Å². The minimum atomic E-state index is -4.35. The Balaban J connectivity index is 1.78. The molecule has 1 aromatic rings. The maximum atomic E-state index is 12.5. The molecule has 1 unspecified atom stereocenters. The fraction of sp³-hybridized carbons (Fsp3) is 0.471. The van der Waals surface area contributed by atoms with Crippen LogP contribution in [-0.4, -0.2) is 23.2 Å². The third-order valence-corrected chi connectivity index (χ3v) is 3.92. The highest BCUT2D eigenvalue weighted by Crippen LogP contribution is 2.29. The summed E-state index contributed by atoms with van der Waals surface area (Å²) < 4.78 is 37.4. The number of carbonyl (C=O) groups is 1. The van der Waals surface area contributed by atoms with Gasteiger partial charge in [0, 0.05) is 13.0 Å². The van der Waals surface area contributed by atoms with Crippen molar-refractivity contribution in [2.45, 2.75) is 43.9 Å². The van der Waals surface area contributed by atoms with Gasteiger partial charge in [0.05, 0.1) is 11.2 Å². The summed E-state index contributed by atoms with van der Waals surface area (Å²) in [5, 5.41) is 12.9. The molecule has 1 aromatic carbocycles. The molecule has 3 nitrogen and oxygen atoms in total. The average Bonchev–Trinajstić information content (AvgIpc) is 2.51. The van der Waals surface area contributed by atoms with Gasteiger partial charge in [0.2, 0.25) is 5.91 Å².